The molecule has 1 spiro atoms. The molecule has 4 aliphatic rings. The molecule has 2 saturated carbocycles. The number of rotatable bonds is 0. The Bertz CT molecular complexity index is 392. The second-order valence-corrected chi connectivity index (χ2v) is 5.79. The molecule has 4 aliphatic carbocycles. The van der Waals surface area contributed by atoms with Crippen molar-refractivity contribution in [3.63, 3.8) is 0 Å². The number of hydrogen-bond acceptors (Lipinski definition) is 1. The summed E-state index contributed by atoms with van der Waals surface area (Å²) in [7, 11) is 0. The normalized spacial score (nSPS) is 54.8. The van der Waals surface area contributed by atoms with Gasteiger partial charge in [0.1, 0.15) is 0 Å². The molecular weight excluding hydrogens is 184 g/mol. The monoisotopic (exact) mass is 200 g/mol. The van der Waals surface area contributed by atoms with E-state index in [9.17, 15) is 4.79 Å². The Balaban J connectivity index is 1.82. The highest BCUT2D eigenvalue weighted by Gasteiger charge is 2.61. The zero-order chi connectivity index (χ0) is 10.0. The quantitative estimate of drug-likeness (QED) is 0.549. The zero-order valence-electron chi connectivity index (χ0n) is 8.86. The summed E-state index contributed by atoms with van der Waals surface area (Å²) in [5.74, 6) is 2.90. The van der Waals surface area contributed by atoms with Crippen molar-refractivity contribution in [2.75, 3.05) is 0 Å². The zero-order valence-corrected chi connectivity index (χ0v) is 8.86. The second kappa shape index (κ2) is 2.45. The summed E-state index contributed by atoms with van der Waals surface area (Å²) >= 11 is 0. The lowest BCUT2D eigenvalue weighted by Gasteiger charge is -2.29. The number of fused-ring (bicyclic) bond motifs is 2. The predicted molar refractivity (Wildman–Crippen MR) is 58.1 cm³/mol. The van der Waals surface area contributed by atoms with Crippen LogP contribution in [0.2, 0.25) is 0 Å². The van der Waals surface area contributed by atoms with E-state index in [2.05, 4.69) is 18.2 Å². The van der Waals surface area contributed by atoms with E-state index >= 15 is 0 Å². The molecule has 0 aromatic rings. The molecule has 0 aromatic heterocycles. The number of carbonyl (C=O) groups excluding carboxylic acids is 1. The third-order valence-electron chi connectivity index (χ3n) is 5.45. The van der Waals surface area contributed by atoms with Crippen molar-refractivity contribution in [1.82, 2.24) is 0 Å². The van der Waals surface area contributed by atoms with E-state index in [1.807, 2.05) is 6.08 Å². The first kappa shape index (κ1) is 8.32. The van der Waals surface area contributed by atoms with Gasteiger partial charge in [0.15, 0.2) is 5.78 Å². The molecule has 15 heavy (non-hydrogen) atoms. The molecule has 0 amide bonds. The van der Waals surface area contributed by atoms with Crippen molar-refractivity contribution in [3.8, 4) is 0 Å². The number of allylic oxidation sites excluding steroid dienone is 4. The fraction of sp³-hybridized carbons (Fsp3) is 0.643. The molecule has 0 heterocycles. The van der Waals surface area contributed by atoms with Crippen molar-refractivity contribution in [2.45, 2.75) is 25.7 Å². The van der Waals surface area contributed by atoms with E-state index in [1.165, 1.54) is 25.7 Å². The molecule has 0 unspecified atom stereocenters. The van der Waals surface area contributed by atoms with E-state index in [0.29, 0.717) is 29.0 Å². The van der Waals surface area contributed by atoms with Gasteiger partial charge >= 0.3 is 0 Å². The van der Waals surface area contributed by atoms with Gasteiger partial charge in [0, 0.05) is 5.92 Å². The largest absolute Gasteiger partial charge is 0.295 e. The second-order valence-electron chi connectivity index (χ2n) is 5.79. The highest BCUT2D eigenvalue weighted by atomic mass is 16.1. The number of carbonyl (C=O) groups is 1. The van der Waals surface area contributed by atoms with E-state index in [4.69, 9.17) is 0 Å². The van der Waals surface area contributed by atoms with Crippen molar-refractivity contribution >= 4 is 5.78 Å². The molecule has 0 aliphatic heterocycles. The molecule has 0 saturated heterocycles. The first-order valence-corrected chi connectivity index (χ1v) is 6.21. The van der Waals surface area contributed by atoms with Crippen LogP contribution in [-0.2, 0) is 4.79 Å². The molecule has 0 radical (unpaired) electrons. The van der Waals surface area contributed by atoms with Gasteiger partial charge in [-0.1, -0.05) is 18.2 Å². The molecule has 4 rings (SSSR count). The topological polar surface area (TPSA) is 17.1 Å². The first-order chi connectivity index (χ1) is 7.31. The van der Waals surface area contributed by atoms with Crippen molar-refractivity contribution < 1.29 is 4.79 Å². The van der Waals surface area contributed by atoms with Crippen LogP contribution < -0.4 is 0 Å². The van der Waals surface area contributed by atoms with Crippen molar-refractivity contribution in [3.05, 3.63) is 24.3 Å². The van der Waals surface area contributed by atoms with Crippen LogP contribution in [0.4, 0.5) is 0 Å². The highest BCUT2D eigenvalue weighted by molar-refractivity contribution is 5.95. The lowest BCUT2D eigenvalue weighted by Crippen LogP contribution is -2.26. The Morgan fingerprint density at radius 1 is 1.33 bits per heavy atom. The Kier molecular flexibility index (Phi) is 1.36. The molecule has 0 bridgehead atoms. The smallest absolute Gasteiger partial charge is 0.159 e. The molecule has 1 nitrogen and oxygen atoms in total. The van der Waals surface area contributed by atoms with Gasteiger partial charge in [-0.25, -0.2) is 0 Å². The van der Waals surface area contributed by atoms with Crippen molar-refractivity contribution in [1.29, 1.82) is 0 Å². The van der Waals surface area contributed by atoms with Gasteiger partial charge in [-0.3, -0.25) is 4.79 Å². The van der Waals surface area contributed by atoms with Gasteiger partial charge in [-0.2, -0.15) is 0 Å². The molecular formula is C14H16O. The first-order valence-electron chi connectivity index (χ1n) is 6.21. The Morgan fingerprint density at radius 2 is 2.27 bits per heavy atom. The molecule has 0 aromatic carbocycles. The van der Waals surface area contributed by atoms with Gasteiger partial charge in [0.05, 0.1) is 0 Å². The average molecular weight is 200 g/mol. The maximum Gasteiger partial charge on any atom is 0.159 e. The lowest BCUT2D eigenvalue weighted by molar-refractivity contribution is -0.119. The fourth-order valence-electron chi connectivity index (χ4n) is 4.93. The van der Waals surface area contributed by atoms with Crippen LogP contribution >= 0.6 is 0 Å². The maximum atomic E-state index is 11.9. The predicted octanol–water partition coefficient (Wildman–Crippen LogP) is 2.73. The van der Waals surface area contributed by atoms with Gasteiger partial charge in [-0.15, -0.1) is 0 Å². The average Bonchev–Trinajstić information content (AvgIpc) is 2.86. The molecule has 2 fully saturated rings. The minimum Gasteiger partial charge on any atom is -0.295 e. The number of ketones is 1. The Labute approximate surface area is 90.2 Å². The standard InChI is InChI=1S/C14H16O/c15-12-6-3-9-8-14-7-1-2-10(14)4-5-11(14)13(9)12/h1,3,6-7,9-11,13H,2,4-5,8H2/t9-,10-,11+,13-,14-/m1/s1. The molecule has 5 atom stereocenters. The summed E-state index contributed by atoms with van der Waals surface area (Å²) in [6.07, 6.45) is 14.0. The maximum absolute atomic E-state index is 11.9. The van der Waals surface area contributed by atoms with Gasteiger partial charge < -0.3 is 0 Å². The Hall–Kier alpha value is -0.850. The van der Waals surface area contributed by atoms with Crippen LogP contribution in [0, 0.1) is 29.1 Å². The van der Waals surface area contributed by atoms with Gasteiger partial charge in [-0.05, 0) is 54.9 Å². The van der Waals surface area contributed by atoms with E-state index in [1.54, 1.807) is 0 Å². The van der Waals surface area contributed by atoms with Crippen LogP contribution in [0.1, 0.15) is 25.7 Å². The molecule has 78 valence electrons. The van der Waals surface area contributed by atoms with Crippen LogP contribution in [0.3, 0.4) is 0 Å². The SMILES string of the molecule is O=C1C=C[C@@H]2C[C@]34C=CC[C@@H]3CC[C@H]4[C@H]12. The summed E-state index contributed by atoms with van der Waals surface area (Å²) in [5.41, 5.74) is 0.440. The summed E-state index contributed by atoms with van der Waals surface area (Å²) in [6, 6.07) is 0. The Morgan fingerprint density at radius 3 is 3.20 bits per heavy atom. The minimum absolute atomic E-state index is 0.359. The third-order valence-corrected chi connectivity index (χ3v) is 5.45. The minimum atomic E-state index is 0.359. The van der Waals surface area contributed by atoms with Gasteiger partial charge in [0.2, 0.25) is 0 Å². The fourth-order valence-corrected chi connectivity index (χ4v) is 4.93. The van der Waals surface area contributed by atoms with E-state index in [-0.39, 0.29) is 0 Å². The van der Waals surface area contributed by atoms with E-state index < -0.39 is 0 Å². The summed E-state index contributed by atoms with van der Waals surface area (Å²) < 4.78 is 0. The van der Waals surface area contributed by atoms with Crippen LogP contribution in [0.15, 0.2) is 24.3 Å². The molecule has 0 N–H and O–H groups in total. The lowest BCUT2D eigenvalue weighted by atomic mass is 9.74. The number of hydrogen-bond donors (Lipinski definition) is 0. The summed E-state index contributed by atoms with van der Waals surface area (Å²) in [5, 5.41) is 0. The van der Waals surface area contributed by atoms with Crippen molar-refractivity contribution in [2.24, 2.45) is 29.1 Å². The molecule has 1 heteroatoms. The van der Waals surface area contributed by atoms with Crippen LogP contribution in [0.25, 0.3) is 0 Å². The van der Waals surface area contributed by atoms with E-state index in [0.717, 1.165) is 5.92 Å². The summed E-state index contributed by atoms with van der Waals surface area (Å²) in [4.78, 5) is 11.9. The third kappa shape index (κ3) is 0.802. The van der Waals surface area contributed by atoms with Crippen LogP contribution in [0.5, 0.6) is 0 Å². The summed E-state index contributed by atoms with van der Waals surface area (Å²) in [6.45, 7) is 0. The highest BCUT2D eigenvalue weighted by Crippen LogP contribution is 2.66. The van der Waals surface area contributed by atoms with Crippen LogP contribution in [-0.4, -0.2) is 5.78 Å². The van der Waals surface area contributed by atoms with Gasteiger partial charge in [0.25, 0.3) is 0 Å².